The Hall–Kier alpha value is -2.97. The number of nitrogens with one attached hydrogen (secondary N) is 1. The molecule has 0 spiro atoms. The van der Waals surface area contributed by atoms with Gasteiger partial charge in [-0.2, -0.15) is 0 Å². The predicted octanol–water partition coefficient (Wildman–Crippen LogP) is 4.37. The Morgan fingerprint density at radius 3 is 2.64 bits per heavy atom. The van der Waals surface area contributed by atoms with E-state index in [2.05, 4.69) is 44.0 Å². The van der Waals surface area contributed by atoms with Crippen LogP contribution in [0.25, 0.3) is 0 Å². The zero-order valence-electron chi connectivity index (χ0n) is 19.4. The van der Waals surface area contributed by atoms with Crippen LogP contribution in [0, 0.1) is 0 Å². The summed E-state index contributed by atoms with van der Waals surface area (Å²) >= 11 is 1.40. The topological polar surface area (TPSA) is 80.1 Å². The minimum absolute atomic E-state index is 0.00445. The van der Waals surface area contributed by atoms with Gasteiger partial charge in [0.1, 0.15) is 0 Å². The lowest BCUT2D eigenvalue weighted by molar-refractivity contribution is -0.116. The summed E-state index contributed by atoms with van der Waals surface area (Å²) in [5.74, 6) is 0.883. The van der Waals surface area contributed by atoms with Gasteiger partial charge in [0.05, 0.1) is 24.3 Å². The Morgan fingerprint density at radius 2 is 1.94 bits per heavy atom. The van der Waals surface area contributed by atoms with Crippen molar-refractivity contribution in [1.29, 1.82) is 0 Å². The van der Waals surface area contributed by atoms with E-state index >= 15 is 0 Å². The van der Waals surface area contributed by atoms with Gasteiger partial charge in [-0.15, -0.1) is 10.2 Å². The van der Waals surface area contributed by atoms with E-state index in [1.165, 1.54) is 11.8 Å². The van der Waals surface area contributed by atoms with Crippen LogP contribution in [0.5, 0.6) is 0 Å². The zero-order valence-corrected chi connectivity index (χ0v) is 20.2. The fourth-order valence-corrected chi connectivity index (χ4v) is 4.99. The molecule has 0 fully saturated rings. The number of Topliss-reactive ketones (excluding diaryl/α,β-unsaturated/α-hetero) is 1. The van der Waals surface area contributed by atoms with Crippen LogP contribution in [0.15, 0.2) is 53.7 Å². The second kappa shape index (κ2) is 9.89. The van der Waals surface area contributed by atoms with Gasteiger partial charge in [0.15, 0.2) is 16.8 Å². The fraction of sp³-hybridized carbons (Fsp3) is 0.360. The van der Waals surface area contributed by atoms with Crippen molar-refractivity contribution in [2.75, 3.05) is 25.2 Å². The molecule has 2 atom stereocenters. The van der Waals surface area contributed by atoms with Crippen LogP contribution in [-0.2, 0) is 11.3 Å². The maximum atomic E-state index is 13.0. The molecule has 1 aliphatic rings. The number of aromatic nitrogens is 3. The van der Waals surface area contributed by atoms with Crippen LogP contribution >= 0.6 is 11.8 Å². The first kappa shape index (κ1) is 23.2. The minimum Gasteiger partial charge on any atom is -0.325 e. The van der Waals surface area contributed by atoms with Gasteiger partial charge in [-0.3, -0.25) is 14.5 Å². The summed E-state index contributed by atoms with van der Waals surface area (Å²) < 4.78 is 2.12. The molecule has 2 aromatic carbocycles. The maximum absolute atomic E-state index is 13.0. The number of ketones is 1. The van der Waals surface area contributed by atoms with Gasteiger partial charge >= 0.3 is 0 Å². The minimum atomic E-state index is -0.242. The van der Waals surface area contributed by atoms with Crippen LogP contribution in [0.4, 0.5) is 5.69 Å². The number of thioether (sulfide) groups is 1. The van der Waals surface area contributed by atoms with Crippen LogP contribution in [-0.4, -0.2) is 51.2 Å². The number of carbonyl (C=O) groups is 2. The third-order valence-electron chi connectivity index (χ3n) is 6.06. The molecule has 1 aliphatic heterocycles. The first-order valence-electron chi connectivity index (χ1n) is 11.1. The van der Waals surface area contributed by atoms with Crippen molar-refractivity contribution >= 4 is 29.1 Å². The second-order valence-electron chi connectivity index (χ2n) is 8.52. The molecular weight excluding hydrogens is 434 g/mol. The number of nitrogens with zero attached hydrogens (tertiary/aromatic N) is 4. The molecule has 0 aliphatic carbocycles. The summed E-state index contributed by atoms with van der Waals surface area (Å²) in [5.41, 5.74) is 3.43. The summed E-state index contributed by atoms with van der Waals surface area (Å²) in [7, 11) is 4.08. The summed E-state index contributed by atoms with van der Waals surface area (Å²) in [4.78, 5) is 27.1. The summed E-state index contributed by atoms with van der Waals surface area (Å²) in [6.45, 7) is 4.64. The highest BCUT2D eigenvalue weighted by Gasteiger charge is 2.27. The summed E-state index contributed by atoms with van der Waals surface area (Å²) in [6, 6.07) is 15.8. The van der Waals surface area contributed by atoms with E-state index < -0.39 is 0 Å². The fourth-order valence-electron chi connectivity index (χ4n) is 4.15. The van der Waals surface area contributed by atoms with Gasteiger partial charge in [0, 0.05) is 11.3 Å². The van der Waals surface area contributed by atoms with Crippen LogP contribution in [0.2, 0.25) is 0 Å². The predicted molar refractivity (Wildman–Crippen MR) is 131 cm³/mol. The largest absolute Gasteiger partial charge is 0.325 e. The van der Waals surface area contributed by atoms with Gasteiger partial charge in [0.25, 0.3) is 0 Å². The van der Waals surface area contributed by atoms with Crippen LogP contribution < -0.4 is 5.32 Å². The average molecular weight is 464 g/mol. The van der Waals surface area contributed by atoms with Crippen LogP contribution in [0.1, 0.15) is 59.5 Å². The van der Waals surface area contributed by atoms with Crippen molar-refractivity contribution in [3.63, 3.8) is 0 Å². The molecule has 1 aromatic heterocycles. The second-order valence-corrected chi connectivity index (χ2v) is 9.47. The van der Waals surface area contributed by atoms with Crippen molar-refractivity contribution < 1.29 is 9.59 Å². The van der Waals surface area contributed by atoms with Crippen molar-refractivity contribution in [2.45, 2.75) is 43.9 Å². The molecule has 0 saturated heterocycles. The standard InChI is InChI=1S/C25H29N5O2S/c1-5-21(29(3)4)23-27-28-25(30(23)14-17-9-7-6-8-10-17)33-15-22(31)18-11-12-20-19(13-18)16(2)24(32)26-20/h6-13,16,21H,5,14-15H2,1-4H3,(H,26,32)/t16-,21-/m1/s1. The van der Waals surface area contributed by atoms with Gasteiger partial charge in [0.2, 0.25) is 5.91 Å². The van der Waals surface area contributed by atoms with Gasteiger partial charge < -0.3 is 9.88 Å². The van der Waals surface area contributed by atoms with E-state index in [9.17, 15) is 9.59 Å². The van der Waals surface area contributed by atoms with Gasteiger partial charge in [-0.1, -0.05) is 49.0 Å². The Kier molecular flexibility index (Phi) is 6.95. The molecule has 3 aromatic rings. The van der Waals surface area contributed by atoms with E-state index in [4.69, 9.17) is 0 Å². The summed E-state index contributed by atoms with van der Waals surface area (Å²) in [5, 5.41) is 12.5. The molecule has 0 unspecified atom stereocenters. The average Bonchev–Trinajstić information content (AvgIpc) is 3.33. The van der Waals surface area contributed by atoms with Gasteiger partial charge in [-0.25, -0.2) is 0 Å². The van der Waals surface area contributed by atoms with E-state index in [0.29, 0.717) is 12.1 Å². The molecule has 1 N–H and O–H groups in total. The highest BCUT2D eigenvalue weighted by Crippen LogP contribution is 2.33. The Morgan fingerprint density at radius 1 is 1.18 bits per heavy atom. The third-order valence-corrected chi connectivity index (χ3v) is 7.03. The molecule has 0 radical (unpaired) electrons. The zero-order chi connectivity index (χ0) is 23.5. The molecule has 2 heterocycles. The van der Waals surface area contributed by atoms with E-state index in [0.717, 1.165) is 34.2 Å². The molecule has 33 heavy (non-hydrogen) atoms. The van der Waals surface area contributed by atoms with E-state index in [1.54, 1.807) is 6.07 Å². The van der Waals surface area contributed by atoms with Crippen LogP contribution in [0.3, 0.4) is 0 Å². The number of anilines is 1. The number of hydrogen-bond donors (Lipinski definition) is 1. The lowest BCUT2D eigenvalue weighted by Crippen LogP contribution is -2.23. The number of carbonyl (C=O) groups excluding carboxylic acids is 2. The van der Waals surface area contributed by atoms with E-state index in [-0.39, 0.29) is 29.4 Å². The Labute approximate surface area is 198 Å². The quantitative estimate of drug-likeness (QED) is 0.375. The number of amides is 1. The molecule has 8 heteroatoms. The highest BCUT2D eigenvalue weighted by molar-refractivity contribution is 7.99. The molecule has 172 valence electrons. The number of rotatable bonds is 9. The Bertz CT molecular complexity index is 1160. The lowest BCUT2D eigenvalue weighted by Gasteiger charge is -2.23. The van der Waals surface area contributed by atoms with Crippen molar-refractivity contribution in [3.8, 4) is 0 Å². The molecule has 7 nitrogen and oxygen atoms in total. The SMILES string of the molecule is CC[C@H](c1nnc(SCC(=O)c2ccc3c(c2)[C@@H](C)C(=O)N3)n1Cc1ccccc1)N(C)C. The highest BCUT2D eigenvalue weighted by atomic mass is 32.2. The molecule has 0 bridgehead atoms. The van der Waals surface area contributed by atoms with Crippen molar-refractivity contribution in [1.82, 2.24) is 19.7 Å². The molecular formula is C25H29N5O2S. The number of hydrogen-bond acceptors (Lipinski definition) is 6. The van der Waals surface area contributed by atoms with Crippen molar-refractivity contribution in [2.24, 2.45) is 0 Å². The Balaban J connectivity index is 1.56. The molecule has 4 rings (SSSR count). The summed E-state index contributed by atoms with van der Waals surface area (Å²) in [6.07, 6.45) is 0.906. The normalized spacial score (nSPS) is 16.0. The first-order valence-corrected chi connectivity index (χ1v) is 12.1. The molecule has 0 saturated carbocycles. The number of fused-ring (bicyclic) bond motifs is 1. The van der Waals surface area contributed by atoms with Crippen molar-refractivity contribution in [3.05, 3.63) is 71.0 Å². The smallest absolute Gasteiger partial charge is 0.231 e. The molecule has 1 amide bonds. The van der Waals surface area contributed by atoms with Gasteiger partial charge in [-0.05, 0) is 56.8 Å². The monoisotopic (exact) mass is 463 g/mol. The first-order chi connectivity index (χ1) is 15.9. The third kappa shape index (κ3) is 4.86. The maximum Gasteiger partial charge on any atom is 0.231 e. The van der Waals surface area contributed by atoms with E-state index in [1.807, 2.05) is 51.4 Å². The number of benzene rings is 2. The lowest BCUT2D eigenvalue weighted by atomic mass is 9.99.